The molecule has 0 aromatic rings. The zero-order chi connectivity index (χ0) is 24.8. The Balaban J connectivity index is 0.00000177. The smallest absolute Gasteiger partial charge is 0.388 e. The number of hydrogen-bond donors (Lipinski definition) is 2. The van der Waals surface area contributed by atoms with Gasteiger partial charge in [-0.15, -0.1) is 0 Å². The summed E-state index contributed by atoms with van der Waals surface area (Å²) in [6.07, 6.45) is -12.4. The van der Waals surface area contributed by atoms with Crippen LogP contribution in [-0.4, -0.2) is 84.3 Å². The van der Waals surface area contributed by atoms with Crippen LogP contribution in [0.2, 0.25) is 0 Å². The number of hydrogen-bond acceptors (Lipinski definition) is 10. The summed E-state index contributed by atoms with van der Waals surface area (Å²) in [6.45, 7) is -2.00. The van der Waals surface area contributed by atoms with Gasteiger partial charge in [0.1, 0.15) is 24.9 Å². The monoisotopic (exact) mass is 545 g/mol. The quantitative estimate of drug-likeness (QED) is 0.0931. The van der Waals surface area contributed by atoms with Gasteiger partial charge in [0.15, 0.2) is 0 Å². The molecule has 0 unspecified atom stereocenters. The average Bonchev–Trinajstić information content (AvgIpc) is 3.06. The van der Waals surface area contributed by atoms with Gasteiger partial charge >= 0.3 is 84.8 Å². The van der Waals surface area contributed by atoms with Crippen LogP contribution in [0.25, 0.3) is 0 Å². The van der Waals surface area contributed by atoms with Gasteiger partial charge in [-0.2, -0.15) is 47.9 Å². The number of alkyl halides is 9. The molecule has 32 heavy (non-hydrogen) atoms. The summed E-state index contributed by atoms with van der Waals surface area (Å²) in [5, 5.41) is 26.8. The zero-order valence-corrected chi connectivity index (χ0v) is 19.0. The van der Waals surface area contributed by atoms with E-state index in [9.17, 15) is 58.1 Å². The maximum absolute atomic E-state index is 13.6. The van der Waals surface area contributed by atoms with Crippen LogP contribution < -0.4 is 51.4 Å². The molecule has 22 heteroatoms. The van der Waals surface area contributed by atoms with E-state index in [0.717, 1.165) is 0 Å². The number of fused-ring (bicyclic) bond motifs is 1. The van der Waals surface area contributed by atoms with Gasteiger partial charge in [-0.1, -0.05) is 0 Å². The molecule has 2 heterocycles. The van der Waals surface area contributed by atoms with E-state index >= 15 is 0 Å². The number of aliphatic hydroxyl groups excluding tert-OH is 1. The molecule has 0 amide bonds. The number of nitrogens with zero attached hydrogens (tertiary/aromatic N) is 1. The second kappa shape index (κ2) is 9.91. The molecule has 2 N–H and O–H groups in total. The third-order valence-electron chi connectivity index (χ3n) is 3.74. The van der Waals surface area contributed by atoms with Crippen molar-refractivity contribution in [2.24, 2.45) is 0 Å². The molecule has 4 atom stereocenters. The topological polar surface area (TPSA) is 168 Å². The standard InChI is InChI=1S/C10H9F9O7S.K.NO3/c11-7(12,9(15,16)17)8(13,14)10(18,19)27(22,23)26-6(21)2-25-4-3(20)1-24-5(4)6;;2-1(3)4/h3-5,20-21H,1-2H2;;/q;+1;-1/t3-,4+,5-,6+;;/m0../s1. The Kier molecular flexibility index (Phi) is 9.89. The SMILES string of the molecule is O=S(=O)(O[C@]1(O)CO[C@@H]2[C@@H](O)CO[C@@H]21)C(F)(F)C(F)(F)C(F)(F)C(F)(F)F.O=[N+]([O-])[O-].[K+]. The van der Waals surface area contributed by atoms with Crippen molar-refractivity contribution in [3.8, 4) is 0 Å². The van der Waals surface area contributed by atoms with Gasteiger partial charge in [0, 0.05) is 0 Å². The third kappa shape index (κ3) is 5.60. The van der Waals surface area contributed by atoms with Crippen molar-refractivity contribution in [3.63, 3.8) is 0 Å². The number of halogens is 9. The van der Waals surface area contributed by atoms with Crippen LogP contribution in [0.3, 0.4) is 0 Å². The summed E-state index contributed by atoms with van der Waals surface area (Å²) in [7, 11) is -7.31. The van der Waals surface area contributed by atoms with E-state index in [1.165, 1.54) is 0 Å². The summed E-state index contributed by atoms with van der Waals surface area (Å²) < 4.78 is 151. The predicted octanol–water partition coefficient (Wildman–Crippen LogP) is -2.63. The van der Waals surface area contributed by atoms with Crippen LogP contribution >= 0.6 is 0 Å². The van der Waals surface area contributed by atoms with Crippen molar-refractivity contribution >= 4 is 10.1 Å². The van der Waals surface area contributed by atoms with Crippen LogP contribution in [-0.2, 0) is 23.8 Å². The molecule has 184 valence electrons. The molecule has 0 aliphatic carbocycles. The van der Waals surface area contributed by atoms with Gasteiger partial charge in [-0.3, -0.25) is 0 Å². The van der Waals surface area contributed by atoms with Gasteiger partial charge in [-0.05, 0) is 0 Å². The van der Waals surface area contributed by atoms with E-state index < -0.39 is 75.8 Å². The van der Waals surface area contributed by atoms with Gasteiger partial charge < -0.3 is 35.0 Å². The van der Waals surface area contributed by atoms with Crippen molar-refractivity contribution in [3.05, 3.63) is 15.3 Å². The minimum absolute atomic E-state index is 0. The first-order valence-corrected chi connectivity index (χ1v) is 8.56. The molecule has 2 rings (SSSR count). The zero-order valence-electron chi connectivity index (χ0n) is 15.1. The maximum Gasteiger partial charge on any atom is 1.00 e. The van der Waals surface area contributed by atoms with Crippen molar-refractivity contribution in [2.75, 3.05) is 13.2 Å². The van der Waals surface area contributed by atoms with Crippen molar-refractivity contribution < 1.29 is 128 Å². The van der Waals surface area contributed by atoms with Gasteiger partial charge in [-0.25, -0.2) is 4.18 Å². The summed E-state index contributed by atoms with van der Waals surface area (Å²) >= 11 is 0. The van der Waals surface area contributed by atoms with E-state index in [2.05, 4.69) is 13.7 Å². The number of rotatable bonds is 5. The normalized spacial score (nSPS) is 28.9. The first-order chi connectivity index (χ1) is 13.6. The summed E-state index contributed by atoms with van der Waals surface area (Å²) in [4.78, 5) is 8.25. The Morgan fingerprint density at radius 2 is 1.44 bits per heavy atom. The molecule has 2 aliphatic heterocycles. The Hall–Kier alpha value is -0.0436. The van der Waals surface area contributed by atoms with E-state index in [1.807, 2.05) is 0 Å². The molecular weight excluding hydrogens is 536 g/mol. The van der Waals surface area contributed by atoms with Crippen LogP contribution in [0.1, 0.15) is 0 Å². The fraction of sp³-hybridized carbons (Fsp3) is 1.00. The fourth-order valence-electron chi connectivity index (χ4n) is 2.31. The van der Waals surface area contributed by atoms with E-state index in [4.69, 9.17) is 15.3 Å². The maximum atomic E-state index is 13.6. The van der Waals surface area contributed by atoms with Crippen molar-refractivity contribution in [2.45, 2.75) is 47.4 Å². The first kappa shape index (κ1) is 32.0. The van der Waals surface area contributed by atoms with Gasteiger partial charge in [0.2, 0.25) is 5.79 Å². The average molecular weight is 545 g/mol. The summed E-state index contributed by atoms with van der Waals surface area (Å²) in [5.74, 6) is -18.5. The van der Waals surface area contributed by atoms with E-state index in [1.54, 1.807) is 0 Å². The van der Waals surface area contributed by atoms with Crippen LogP contribution in [0, 0.1) is 15.3 Å². The molecule has 0 saturated carbocycles. The second-order valence-corrected chi connectivity index (χ2v) is 7.45. The predicted molar refractivity (Wildman–Crippen MR) is 71.7 cm³/mol. The first-order valence-electron chi connectivity index (χ1n) is 7.15. The molecule has 2 saturated heterocycles. The van der Waals surface area contributed by atoms with Crippen LogP contribution in [0.4, 0.5) is 39.5 Å². The largest absolute Gasteiger partial charge is 1.00 e. The molecular formula is C10H9F9KNO10S. The molecule has 0 spiro atoms. The van der Waals surface area contributed by atoms with Gasteiger partial charge in [0.25, 0.3) is 0 Å². The van der Waals surface area contributed by atoms with Crippen LogP contribution in [0.15, 0.2) is 0 Å². The van der Waals surface area contributed by atoms with E-state index in [0.29, 0.717) is 0 Å². The molecule has 2 fully saturated rings. The summed E-state index contributed by atoms with van der Waals surface area (Å²) in [5.41, 5.74) is 0. The van der Waals surface area contributed by atoms with E-state index in [-0.39, 0.29) is 51.4 Å². The number of ether oxygens (including phenoxy) is 2. The minimum atomic E-state index is -7.51. The third-order valence-corrected chi connectivity index (χ3v) is 5.13. The minimum Gasteiger partial charge on any atom is -0.388 e. The van der Waals surface area contributed by atoms with Crippen LogP contribution in [0.5, 0.6) is 0 Å². The Bertz CT molecular complexity index is 792. The van der Waals surface area contributed by atoms with Crippen molar-refractivity contribution in [1.82, 2.24) is 0 Å². The fourth-order valence-corrected chi connectivity index (χ4v) is 3.38. The molecule has 0 bridgehead atoms. The second-order valence-electron chi connectivity index (χ2n) is 5.87. The molecule has 11 nitrogen and oxygen atoms in total. The summed E-state index contributed by atoms with van der Waals surface area (Å²) in [6, 6.07) is 0. The Labute approximate surface area is 213 Å². The van der Waals surface area contributed by atoms with Gasteiger partial charge in [0.05, 0.1) is 11.7 Å². The molecule has 0 radical (unpaired) electrons. The number of aliphatic hydroxyl groups is 2. The van der Waals surface area contributed by atoms with Crippen molar-refractivity contribution in [1.29, 1.82) is 0 Å². The Morgan fingerprint density at radius 1 is 1.00 bits per heavy atom. The Morgan fingerprint density at radius 3 is 1.84 bits per heavy atom. The molecule has 0 aromatic carbocycles. The molecule has 2 aliphatic rings. The molecule has 0 aromatic heterocycles.